The lowest BCUT2D eigenvalue weighted by molar-refractivity contribution is -0.109. The molecule has 64 valence electrons. The normalized spacial score (nSPS) is 23.5. The maximum absolute atomic E-state index is 9.87. The van der Waals surface area contributed by atoms with Crippen molar-refractivity contribution in [3.63, 3.8) is 0 Å². The Hall–Kier alpha value is -0.570. The fourth-order valence-electron chi connectivity index (χ4n) is 1.36. The monoisotopic (exact) mass is 157 g/mol. The molecule has 11 heavy (non-hydrogen) atoms. The Balaban J connectivity index is 1.89. The average Bonchev–Trinajstić information content (AvgIpc) is 2.50. The van der Waals surface area contributed by atoms with E-state index in [4.69, 9.17) is 4.74 Å². The molecular formula is C8H15NO2. The maximum atomic E-state index is 9.87. The van der Waals surface area contributed by atoms with Crippen LogP contribution in [0.25, 0.3) is 0 Å². The first-order chi connectivity index (χ1) is 5.43. The smallest absolute Gasteiger partial charge is 0.207 e. The van der Waals surface area contributed by atoms with Crippen molar-refractivity contribution in [3.8, 4) is 0 Å². The minimum absolute atomic E-state index is 0.739. The Morgan fingerprint density at radius 1 is 1.64 bits per heavy atom. The average molecular weight is 157 g/mol. The molecule has 1 atom stereocenters. The predicted octanol–water partition coefficient (Wildman–Crippen LogP) is 0.549. The lowest BCUT2D eigenvalue weighted by atomic mass is 10.0. The van der Waals surface area contributed by atoms with E-state index in [0.29, 0.717) is 0 Å². The van der Waals surface area contributed by atoms with Crippen molar-refractivity contribution in [2.75, 3.05) is 19.8 Å². The summed E-state index contributed by atoms with van der Waals surface area (Å²) in [5, 5.41) is 2.65. The van der Waals surface area contributed by atoms with Crippen molar-refractivity contribution in [1.82, 2.24) is 5.32 Å². The van der Waals surface area contributed by atoms with Gasteiger partial charge in [0.15, 0.2) is 0 Å². The van der Waals surface area contributed by atoms with Crippen LogP contribution in [0.5, 0.6) is 0 Å². The molecule has 0 saturated carbocycles. The van der Waals surface area contributed by atoms with Crippen LogP contribution in [0, 0.1) is 5.92 Å². The third kappa shape index (κ3) is 3.37. The van der Waals surface area contributed by atoms with Crippen molar-refractivity contribution in [2.45, 2.75) is 19.3 Å². The third-order valence-corrected chi connectivity index (χ3v) is 2.04. The van der Waals surface area contributed by atoms with Gasteiger partial charge in [0.1, 0.15) is 0 Å². The second kappa shape index (κ2) is 5.13. The van der Waals surface area contributed by atoms with Crippen LogP contribution in [0.2, 0.25) is 0 Å². The summed E-state index contributed by atoms with van der Waals surface area (Å²) >= 11 is 0. The molecule has 1 aliphatic rings. The summed E-state index contributed by atoms with van der Waals surface area (Å²) in [6, 6.07) is 0. The molecule has 0 radical (unpaired) electrons. The summed E-state index contributed by atoms with van der Waals surface area (Å²) in [5.41, 5.74) is 0. The molecule has 1 rings (SSSR count). The van der Waals surface area contributed by atoms with Crippen LogP contribution in [0.4, 0.5) is 0 Å². The first-order valence-corrected chi connectivity index (χ1v) is 4.18. The number of nitrogens with one attached hydrogen (secondary N) is 1. The van der Waals surface area contributed by atoms with Gasteiger partial charge in [-0.25, -0.2) is 0 Å². The summed E-state index contributed by atoms with van der Waals surface area (Å²) in [5.74, 6) is 0.739. The fourth-order valence-corrected chi connectivity index (χ4v) is 1.36. The largest absolute Gasteiger partial charge is 0.381 e. The highest BCUT2D eigenvalue weighted by atomic mass is 16.5. The standard InChI is InChI=1S/C8H15NO2/c10-7-9-4-1-2-8-3-5-11-6-8/h7-8H,1-6H2,(H,9,10). The molecule has 1 heterocycles. The summed E-state index contributed by atoms with van der Waals surface area (Å²) in [4.78, 5) is 9.87. The van der Waals surface area contributed by atoms with Crippen molar-refractivity contribution < 1.29 is 9.53 Å². The maximum Gasteiger partial charge on any atom is 0.207 e. The van der Waals surface area contributed by atoms with E-state index in [-0.39, 0.29) is 0 Å². The van der Waals surface area contributed by atoms with Gasteiger partial charge in [0.2, 0.25) is 6.41 Å². The van der Waals surface area contributed by atoms with Crippen LogP contribution in [-0.4, -0.2) is 26.2 Å². The first kappa shape index (κ1) is 8.53. The molecule has 1 unspecified atom stereocenters. The summed E-state index contributed by atoms with van der Waals surface area (Å²) < 4.78 is 5.22. The molecule has 0 aromatic carbocycles. The molecule has 1 N–H and O–H groups in total. The van der Waals surface area contributed by atoms with Gasteiger partial charge in [-0.05, 0) is 25.2 Å². The van der Waals surface area contributed by atoms with E-state index in [1.807, 2.05) is 0 Å². The molecule has 0 aromatic heterocycles. The van der Waals surface area contributed by atoms with Crippen molar-refractivity contribution >= 4 is 6.41 Å². The zero-order valence-electron chi connectivity index (χ0n) is 6.71. The molecule has 0 bridgehead atoms. The molecule has 1 fully saturated rings. The van der Waals surface area contributed by atoms with Gasteiger partial charge in [-0.1, -0.05) is 0 Å². The number of carbonyl (C=O) groups is 1. The van der Waals surface area contributed by atoms with E-state index in [2.05, 4.69) is 5.32 Å². The molecular weight excluding hydrogens is 142 g/mol. The fraction of sp³-hybridized carbons (Fsp3) is 0.875. The van der Waals surface area contributed by atoms with Gasteiger partial charge in [-0.3, -0.25) is 4.79 Å². The lowest BCUT2D eigenvalue weighted by Crippen LogP contribution is -2.13. The summed E-state index contributed by atoms with van der Waals surface area (Å²) in [7, 11) is 0. The van der Waals surface area contributed by atoms with Gasteiger partial charge in [-0.15, -0.1) is 0 Å². The van der Waals surface area contributed by atoms with E-state index in [0.717, 1.165) is 38.5 Å². The number of rotatable bonds is 5. The van der Waals surface area contributed by atoms with Gasteiger partial charge in [-0.2, -0.15) is 0 Å². The number of carbonyl (C=O) groups excluding carboxylic acids is 1. The van der Waals surface area contributed by atoms with Gasteiger partial charge in [0, 0.05) is 19.8 Å². The van der Waals surface area contributed by atoms with Crippen molar-refractivity contribution in [1.29, 1.82) is 0 Å². The minimum atomic E-state index is 0.739. The van der Waals surface area contributed by atoms with E-state index in [1.54, 1.807) is 0 Å². The molecule has 1 aliphatic heterocycles. The van der Waals surface area contributed by atoms with E-state index < -0.39 is 0 Å². The van der Waals surface area contributed by atoms with Gasteiger partial charge in [0.25, 0.3) is 0 Å². The number of ether oxygens (including phenoxy) is 1. The zero-order chi connectivity index (χ0) is 7.94. The van der Waals surface area contributed by atoms with Gasteiger partial charge >= 0.3 is 0 Å². The quantitative estimate of drug-likeness (QED) is 0.467. The molecule has 1 saturated heterocycles. The Morgan fingerprint density at radius 2 is 2.55 bits per heavy atom. The molecule has 0 aromatic rings. The molecule has 1 amide bonds. The molecule has 0 spiro atoms. The highest BCUT2D eigenvalue weighted by Crippen LogP contribution is 2.17. The van der Waals surface area contributed by atoms with Gasteiger partial charge < -0.3 is 10.1 Å². The topological polar surface area (TPSA) is 38.3 Å². The zero-order valence-corrected chi connectivity index (χ0v) is 6.71. The third-order valence-electron chi connectivity index (χ3n) is 2.04. The van der Waals surface area contributed by atoms with Crippen LogP contribution >= 0.6 is 0 Å². The Labute approximate surface area is 67.1 Å². The molecule has 3 heteroatoms. The van der Waals surface area contributed by atoms with E-state index in [1.165, 1.54) is 12.8 Å². The Kier molecular flexibility index (Phi) is 3.98. The molecule has 3 nitrogen and oxygen atoms in total. The predicted molar refractivity (Wildman–Crippen MR) is 42.2 cm³/mol. The first-order valence-electron chi connectivity index (χ1n) is 4.18. The molecule has 0 aliphatic carbocycles. The van der Waals surface area contributed by atoms with Crippen LogP contribution in [0.3, 0.4) is 0 Å². The van der Waals surface area contributed by atoms with Gasteiger partial charge in [0.05, 0.1) is 0 Å². The van der Waals surface area contributed by atoms with Crippen molar-refractivity contribution in [3.05, 3.63) is 0 Å². The van der Waals surface area contributed by atoms with Crippen molar-refractivity contribution in [2.24, 2.45) is 5.92 Å². The summed E-state index contributed by atoms with van der Waals surface area (Å²) in [6.07, 6.45) is 4.21. The Bertz CT molecular complexity index is 111. The highest BCUT2D eigenvalue weighted by Gasteiger charge is 2.14. The SMILES string of the molecule is O=CNCCCC1CCOC1. The van der Waals surface area contributed by atoms with Crippen LogP contribution in [0.1, 0.15) is 19.3 Å². The van der Waals surface area contributed by atoms with E-state index >= 15 is 0 Å². The number of hydrogen-bond acceptors (Lipinski definition) is 2. The Morgan fingerprint density at radius 3 is 3.18 bits per heavy atom. The van der Waals surface area contributed by atoms with Crippen LogP contribution < -0.4 is 5.32 Å². The highest BCUT2D eigenvalue weighted by molar-refractivity contribution is 5.45. The number of hydrogen-bond donors (Lipinski definition) is 1. The second-order valence-electron chi connectivity index (χ2n) is 2.94. The van der Waals surface area contributed by atoms with Crippen LogP contribution in [0.15, 0.2) is 0 Å². The summed E-state index contributed by atoms with van der Waals surface area (Å²) in [6.45, 7) is 2.65. The number of amides is 1. The second-order valence-corrected chi connectivity index (χ2v) is 2.94. The van der Waals surface area contributed by atoms with E-state index in [9.17, 15) is 4.79 Å². The lowest BCUT2D eigenvalue weighted by Gasteiger charge is -2.05. The van der Waals surface area contributed by atoms with Crippen LogP contribution in [-0.2, 0) is 9.53 Å². The minimum Gasteiger partial charge on any atom is -0.381 e.